The van der Waals surface area contributed by atoms with Gasteiger partial charge in [-0.2, -0.15) is 0 Å². The van der Waals surface area contributed by atoms with E-state index in [1.807, 2.05) is 6.07 Å². The minimum Gasteiger partial charge on any atom is -0.300 e. The van der Waals surface area contributed by atoms with E-state index in [9.17, 15) is 4.39 Å². The zero-order valence-electron chi connectivity index (χ0n) is 16.4. The summed E-state index contributed by atoms with van der Waals surface area (Å²) in [7, 11) is 0. The Kier molecular flexibility index (Phi) is 6.53. The fraction of sp³-hybridized carbons (Fsp3) is 0.364. The monoisotopic (exact) mass is 430 g/mol. The van der Waals surface area contributed by atoms with Gasteiger partial charge in [-0.05, 0) is 56.1 Å². The number of nitrogens with zero attached hydrogens (tertiary/aromatic N) is 4. The van der Waals surface area contributed by atoms with E-state index in [-0.39, 0.29) is 10.3 Å². The van der Waals surface area contributed by atoms with Crippen LogP contribution in [0.5, 0.6) is 0 Å². The SMILES string of the molecule is CC(Sc1nnc(CN2CCCC2)n1Cc1ccccc1)c1ccc(F)c(Cl)c1. The van der Waals surface area contributed by atoms with Crippen molar-refractivity contribution in [3.8, 4) is 0 Å². The maximum absolute atomic E-state index is 13.5. The summed E-state index contributed by atoms with van der Waals surface area (Å²) in [5.74, 6) is 0.593. The van der Waals surface area contributed by atoms with Crippen LogP contribution >= 0.6 is 23.4 Å². The molecule has 7 heteroatoms. The first-order valence-electron chi connectivity index (χ1n) is 9.90. The molecule has 1 saturated heterocycles. The maximum Gasteiger partial charge on any atom is 0.192 e. The summed E-state index contributed by atoms with van der Waals surface area (Å²) in [6.45, 7) is 5.86. The summed E-state index contributed by atoms with van der Waals surface area (Å²) < 4.78 is 15.7. The van der Waals surface area contributed by atoms with Crippen molar-refractivity contribution in [2.24, 2.45) is 0 Å². The van der Waals surface area contributed by atoms with Crippen molar-refractivity contribution in [2.45, 2.75) is 43.3 Å². The summed E-state index contributed by atoms with van der Waals surface area (Å²) >= 11 is 7.60. The lowest BCUT2D eigenvalue weighted by Crippen LogP contribution is -2.21. The molecule has 1 aliphatic rings. The third-order valence-electron chi connectivity index (χ3n) is 5.24. The highest BCUT2D eigenvalue weighted by Gasteiger charge is 2.20. The molecular weight excluding hydrogens is 407 g/mol. The van der Waals surface area contributed by atoms with Gasteiger partial charge in [-0.1, -0.05) is 59.8 Å². The highest BCUT2D eigenvalue weighted by molar-refractivity contribution is 7.99. The topological polar surface area (TPSA) is 34.0 Å². The van der Waals surface area contributed by atoms with Gasteiger partial charge in [0.05, 0.1) is 18.1 Å². The smallest absolute Gasteiger partial charge is 0.192 e. The Labute approximate surface area is 180 Å². The standard InChI is InChI=1S/C22H24ClFN4S/c1-16(18-9-10-20(24)19(23)13-18)29-22-26-25-21(15-27-11-5-6-12-27)28(22)14-17-7-3-2-4-8-17/h2-4,7-10,13,16H,5-6,11-12,14-15H2,1H3. The first kappa shape index (κ1) is 20.4. The number of halogens is 2. The van der Waals surface area contributed by atoms with E-state index >= 15 is 0 Å². The molecular formula is C22H24ClFN4S. The van der Waals surface area contributed by atoms with Gasteiger partial charge in [0.2, 0.25) is 0 Å². The molecule has 1 atom stereocenters. The third-order valence-corrected chi connectivity index (χ3v) is 6.66. The zero-order chi connectivity index (χ0) is 20.2. The predicted molar refractivity (Wildman–Crippen MR) is 116 cm³/mol. The largest absolute Gasteiger partial charge is 0.300 e. The molecule has 3 aromatic rings. The number of hydrogen-bond acceptors (Lipinski definition) is 4. The van der Waals surface area contributed by atoms with E-state index in [0.717, 1.165) is 42.7 Å². The van der Waals surface area contributed by atoms with Crippen LogP contribution in [0.2, 0.25) is 5.02 Å². The lowest BCUT2D eigenvalue weighted by Gasteiger charge is -2.17. The summed E-state index contributed by atoms with van der Waals surface area (Å²) in [5, 5.41) is 10.1. The zero-order valence-corrected chi connectivity index (χ0v) is 18.0. The van der Waals surface area contributed by atoms with Crippen LogP contribution in [0.25, 0.3) is 0 Å². The first-order chi connectivity index (χ1) is 14.1. The van der Waals surface area contributed by atoms with Crippen LogP contribution in [0.1, 0.15) is 42.0 Å². The summed E-state index contributed by atoms with van der Waals surface area (Å²) in [4.78, 5) is 2.43. The second-order valence-electron chi connectivity index (χ2n) is 7.39. The lowest BCUT2D eigenvalue weighted by atomic mass is 10.2. The van der Waals surface area contributed by atoms with Crippen molar-refractivity contribution < 1.29 is 4.39 Å². The second-order valence-corrected chi connectivity index (χ2v) is 9.10. The van der Waals surface area contributed by atoms with E-state index in [1.165, 1.54) is 24.5 Å². The predicted octanol–water partition coefficient (Wildman–Crippen LogP) is 5.57. The molecule has 1 aromatic heterocycles. The molecule has 0 saturated carbocycles. The molecule has 2 aromatic carbocycles. The summed E-state index contributed by atoms with van der Waals surface area (Å²) in [5.41, 5.74) is 2.19. The molecule has 29 heavy (non-hydrogen) atoms. The van der Waals surface area contributed by atoms with Gasteiger partial charge in [0, 0.05) is 5.25 Å². The number of aromatic nitrogens is 3. The average Bonchev–Trinajstić information content (AvgIpc) is 3.36. The highest BCUT2D eigenvalue weighted by atomic mass is 35.5. The Bertz CT molecular complexity index is 957. The maximum atomic E-state index is 13.5. The highest BCUT2D eigenvalue weighted by Crippen LogP contribution is 2.36. The van der Waals surface area contributed by atoms with Crippen LogP contribution in [0, 0.1) is 5.82 Å². The van der Waals surface area contributed by atoms with Gasteiger partial charge in [0.25, 0.3) is 0 Å². The Morgan fingerprint density at radius 1 is 1.07 bits per heavy atom. The quantitative estimate of drug-likeness (QED) is 0.459. The molecule has 152 valence electrons. The summed E-state index contributed by atoms with van der Waals surface area (Å²) in [6.07, 6.45) is 2.49. The number of thioether (sulfide) groups is 1. The van der Waals surface area contributed by atoms with Gasteiger partial charge in [-0.15, -0.1) is 10.2 Å². The number of hydrogen-bond donors (Lipinski definition) is 0. The number of rotatable bonds is 7. The van der Waals surface area contributed by atoms with E-state index in [2.05, 4.69) is 50.9 Å². The molecule has 0 amide bonds. The molecule has 0 radical (unpaired) electrons. The lowest BCUT2D eigenvalue weighted by molar-refractivity contribution is 0.316. The Balaban J connectivity index is 1.59. The Morgan fingerprint density at radius 2 is 1.83 bits per heavy atom. The molecule has 0 aliphatic carbocycles. The third kappa shape index (κ3) is 5.00. The Hall–Kier alpha value is -1.89. The molecule has 4 nitrogen and oxygen atoms in total. The molecule has 0 N–H and O–H groups in total. The van der Waals surface area contributed by atoms with Gasteiger partial charge < -0.3 is 4.57 Å². The van der Waals surface area contributed by atoms with Crippen LogP contribution in [-0.2, 0) is 13.1 Å². The molecule has 1 aliphatic heterocycles. The van der Waals surface area contributed by atoms with Crippen molar-refractivity contribution in [2.75, 3.05) is 13.1 Å². The van der Waals surface area contributed by atoms with Crippen molar-refractivity contribution in [3.05, 3.63) is 76.3 Å². The minimum absolute atomic E-state index is 0.0754. The second kappa shape index (κ2) is 9.28. The van der Waals surface area contributed by atoms with E-state index in [0.29, 0.717) is 0 Å². The molecule has 4 rings (SSSR count). The van der Waals surface area contributed by atoms with Crippen molar-refractivity contribution in [3.63, 3.8) is 0 Å². The van der Waals surface area contributed by atoms with E-state index in [1.54, 1.807) is 23.9 Å². The molecule has 0 spiro atoms. The van der Waals surface area contributed by atoms with Crippen molar-refractivity contribution >= 4 is 23.4 Å². The first-order valence-corrected chi connectivity index (χ1v) is 11.2. The molecule has 0 bridgehead atoms. The Morgan fingerprint density at radius 3 is 2.55 bits per heavy atom. The molecule has 1 unspecified atom stereocenters. The average molecular weight is 431 g/mol. The van der Waals surface area contributed by atoms with Gasteiger partial charge in [-0.25, -0.2) is 4.39 Å². The normalized spacial score (nSPS) is 15.7. The molecule has 1 fully saturated rings. The van der Waals surface area contributed by atoms with Gasteiger partial charge in [-0.3, -0.25) is 4.90 Å². The van der Waals surface area contributed by atoms with Crippen LogP contribution in [0.4, 0.5) is 4.39 Å². The van der Waals surface area contributed by atoms with Crippen LogP contribution < -0.4 is 0 Å². The van der Waals surface area contributed by atoms with Gasteiger partial charge in [0.1, 0.15) is 11.6 Å². The van der Waals surface area contributed by atoms with Crippen LogP contribution in [0.3, 0.4) is 0 Å². The summed E-state index contributed by atoms with van der Waals surface area (Å²) in [6, 6.07) is 15.3. The number of likely N-dealkylation sites (tertiary alicyclic amines) is 1. The van der Waals surface area contributed by atoms with E-state index < -0.39 is 5.82 Å². The minimum atomic E-state index is -0.396. The van der Waals surface area contributed by atoms with Crippen molar-refractivity contribution in [1.82, 2.24) is 19.7 Å². The fourth-order valence-electron chi connectivity index (χ4n) is 3.58. The van der Waals surface area contributed by atoms with Gasteiger partial charge >= 0.3 is 0 Å². The van der Waals surface area contributed by atoms with Crippen LogP contribution in [0.15, 0.2) is 53.7 Å². The van der Waals surface area contributed by atoms with Crippen molar-refractivity contribution in [1.29, 1.82) is 0 Å². The van der Waals surface area contributed by atoms with Gasteiger partial charge in [0.15, 0.2) is 5.16 Å². The van der Waals surface area contributed by atoms with E-state index in [4.69, 9.17) is 11.6 Å². The van der Waals surface area contributed by atoms with Crippen LogP contribution in [-0.4, -0.2) is 32.8 Å². The number of benzene rings is 2. The molecule has 2 heterocycles. The fourth-order valence-corrected chi connectivity index (χ4v) is 4.75.